The summed E-state index contributed by atoms with van der Waals surface area (Å²) in [6.07, 6.45) is 1.25. The second-order valence-corrected chi connectivity index (χ2v) is 7.10. The van der Waals surface area contributed by atoms with Crippen molar-refractivity contribution in [1.82, 2.24) is 9.29 Å². The summed E-state index contributed by atoms with van der Waals surface area (Å²) in [6.45, 7) is 1.79. The van der Waals surface area contributed by atoms with Gasteiger partial charge in [-0.2, -0.15) is 4.31 Å². The molecule has 2 heterocycles. The third-order valence-corrected chi connectivity index (χ3v) is 5.79. The van der Waals surface area contributed by atoms with Gasteiger partial charge in [0.25, 0.3) is 10.0 Å². The lowest BCUT2D eigenvalue weighted by Crippen LogP contribution is -2.52. The minimum atomic E-state index is -3.81. The van der Waals surface area contributed by atoms with Crippen LogP contribution < -0.4 is 0 Å². The van der Waals surface area contributed by atoms with E-state index in [9.17, 15) is 13.2 Å². The molecule has 7 nitrogen and oxygen atoms in total. The normalized spacial score (nSPS) is 21.9. The van der Waals surface area contributed by atoms with E-state index in [1.165, 1.54) is 6.20 Å². The molecule has 0 spiro atoms. The maximum atomic E-state index is 12.3. The Morgan fingerprint density at radius 2 is 2.39 bits per heavy atom. The SMILES string of the molecule is Cc1ncc(S(=O)(=O)N2CCOCC2C(=O)O)s1. The lowest BCUT2D eigenvalue weighted by Gasteiger charge is -2.31. The molecule has 0 bridgehead atoms. The van der Waals surface area contributed by atoms with Gasteiger partial charge in [-0.05, 0) is 6.92 Å². The number of rotatable bonds is 3. The molecule has 18 heavy (non-hydrogen) atoms. The van der Waals surface area contributed by atoms with E-state index in [0.717, 1.165) is 15.6 Å². The number of thiazole rings is 1. The number of sulfonamides is 1. The molecule has 1 aromatic heterocycles. The van der Waals surface area contributed by atoms with Crippen molar-refractivity contribution in [2.75, 3.05) is 19.8 Å². The van der Waals surface area contributed by atoms with E-state index in [2.05, 4.69) is 4.98 Å². The van der Waals surface area contributed by atoms with Crippen LogP contribution in [-0.4, -0.2) is 54.6 Å². The first-order valence-corrected chi connectivity index (χ1v) is 7.43. The molecular weight excluding hydrogens is 280 g/mol. The zero-order valence-electron chi connectivity index (χ0n) is 9.57. The van der Waals surface area contributed by atoms with Crippen LogP contribution in [0.15, 0.2) is 10.4 Å². The number of ether oxygens (including phenoxy) is 1. The molecule has 1 saturated heterocycles. The average Bonchev–Trinajstić information content (AvgIpc) is 2.76. The molecule has 0 amide bonds. The molecule has 0 aliphatic carbocycles. The Bertz CT molecular complexity index is 553. The van der Waals surface area contributed by atoms with Gasteiger partial charge in [0.1, 0.15) is 6.04 Å². The van der Waals surface area contributed by atoms with Crippen LogP contribution in [0.2, 0.25) is 0 Å². The molecule has 1 atom stereocenters. The summed E-state index contributed by atoms with van der Waals surface area (Å²) in [4.78, 5) is 14.9. The molecule has 1 aliphatic heterocycles. The average molecular weight is 292 g/mol. The summed E-state index contributed by atoms with van der Waals surface area (Å²) in [5, 5.41) is 9.64. The number of carboxylic acids is 1. The number of hydrogen-bond acceptors (Lipinski definition) is 6. The minimum Gasteiger partial charge on any atom is -0.480 e. The van der Waals surface area contributed by atoms with Gasteiger partial charge in [-0.15, -0.1) is 11.3 Å². The monoisotopic (exact) mass is 292 g/mol. The predicted octanol–water partition coefficient (Wildman–Crippen LogP) is -0.0744. The van der Waals surface area contributed by atoms with Gasteiger partial charge in [0.2, 0.25) is 0 Å². The van der Waals surface area contributed by atoms with Crippen LogP contribution in [-0.2, 0) is 19.6 Å². The first-order chi connectivity index (χ1) is 8.43. The van der Waals surface area contributed by atoms with Gasteiger partial charge in [0, 0.05) is 6.54 Å². The van der Waals surface area contributed by atoms with Crippen LogP contribution in [0.4, 0.5) is 0 Å². The van der Waals surface area contributed by atoms with Crippen LogP contribution in [0, 0.1) is 6.92 Å². The molecule has 1 fully saturated rings. The quantitative estimate of drug-likeness (QED) is 0.837. The summed E-state index contributed by atoms with van der Waals surface area (Å²) in [6, 6.07) is -1.17. The van der Waals surface area contributed by atoms with Gasteiger partial charge in [-0.25, -0.2) is 13.4 Å². The maximum Gasteiger partial charge on any atom is 0.324 e. The molecule has 100 valence electrons. The number of aryl methyl sites for hydroxylation is 1. The molecule has 0 aromatic carbocycles. The lowest BCUT2D eigenvalue weighted by molar-refractivity contribution is -0.146. The number of hydrogen-bond donors (Lipinski definition) is 1. The Balaban J connectivity index is 2.36. The second kappa shape index (κ2) is 4.92. The van der Waals surface area contributed by atoms with Crippen molar-refractivity contribution < 1.29 is 23.1 Å². The Morgan fingerprint density at radius 1 is 1.67 bits per heavy atom. The van der Waals surface area contributed by atoms with Crippen LogP contribution in [0.1, 0.15) is 5.01 Å². The van der Waals surface area contributed by atoms with Crippen molar-refractivity contribution in [3.05, 3.63) is 11.2 Å². The fraction of sp³-hybridized carbons (Fsp3) is 0.556. The van der Waals surface area contributed by atoms with Crippen molar-refractivity contribution in [2.45, 2.75) is 17.2 Å². The van der Waals surface area contributed by atoms with Gasteiger partial charge >= 0.3 is 5.97 Å². The van der Waals surface area contributed by atoms with Crippen LogP contribution in [0.5, 0.6) is 0 Å². The van der Waals surface area contributed by atoms with E-state index < -0.39 is 22.0 Å². The van der Waals surface area contributed by atoms with Gasteiger partial charge in [0.05, 0.1) is 24.4 Å². The molecule has 0 radical (unpaired) electrons. The van der Waals surface area contributed by atoms with E-state index in [-0.39, 0.29) is 24.0 Å². The number of carbonyl (C=O) groups is 1. The molecule has 1 aliphatic rings. The third-order valence-electron chi connectivity index (χ3n) is 2.53. The highest BCUT2D eigenvalue weighted by molar-refractivity contribution is 7.91. The third kappa shape index (κ3) is 2.39. The van der Waals surface area contributed by atoms with E-state index in [4.69, 9.17) is 9.84 Å². The van der Waals surface area contributed by atoms with Gasteiger partial charge in [-0.1, -0.05) is 0 Å². The fourth-order valence-electron chi connectivity index (χ4n) is 1.65. The zero-order valence-corrected chi connectivity index (χ0v) is 11.2. The first kappa shape index (κ1) is 13.4. The van der Waals surface area contributed by atoms with E-state index in [1.54, 1.807) is 6.92 Å². The Labute approximate surface area is 108 Å². The lowest BCUT2D eigenvalue weighted by atomic mass is 10.3. The molecule has 1 unspecified atom stereocenters. The highest BCUT2D eigenvalue weighted by atomic mass is 32.2. The summed E-state index contributed by atoms with van der Waals surface area (Å²) >= 11 is 1.03. The topological polar surface area (TPSA) is 96.8 Å². The number of carboxylic acid groups (broad SMARTS) is 1. The standard InChI is InChI=1S/C9H12N2O5S2/c1-6-10-4-8(17-6)18(14,15)11-2-3-16-5-7(11)9(12)13/h4,7H,2-3,5H2,1H3,(H,12,13). The number of aromatic nitrogens is 1. The van der Waals surface area contributed by atoms with E-state index >= 15 is 0 Å². The Hall–Kier alpha value is -1.03. The molecule has 2 rings (SSSR count). The van der Waals surface area contributed by atoms with Gasteiger partial charge in [-0.3, -0.25) is 4.79 Å². The van der Waals surface area contributed by atoms with Gasteiger partial charge in [0.15, 0.2) is 4.21 Å². The second-order valence-electron chi connectivity index (χ2n) is 3.74. The maximum absolute atomic E-state index is 12.3. The highest BCUT2D eigenvalue weighted by Crippen LogP contribution is 2.25. The molecule has 1 N–H and O–H groups in total. The fourth-order valence-corrected chi connectivity index (χ4v) is 4.44. The predicted molar refractivity (Wildman–Crippen MR) is 63.0 cm³/mol. The summed E-state index contributed by atoms with van der Waals surface area (Å²) < 4.78 is 30.6. The van der Waals surface area contributed by atoms with E-state index in [0.29, 0.717) is 5.01 Å². The van der Waals surface area contributed by atoms with Crippen LogP contribution >= 0.6 is 11.3 Å². The van der Waals surface area contributed by atoms with Crippen molar-refractivity contribution in [3.63, 3.8) is 0 Å². The van der Waals surface area contributed by atoms with Crippen molar-refractivity contribution >= 4 is 27.3 Å². The van der Waals surface area contributed by atoms with E-state index in [1.807, 2.05) is 0 Å². The van der Waals surface area contributed by atoms with Crippen molar-refractivity contribution in [2.24, 2.45) is 0 Å². The van der Waals surface area contributed by atoms with Crippen LogP contribution in [0.25, 0.3) is 0 Å². The number of morpholine rings is 1. The molecule has 1 aromatic rings. The number of nitrogens with zero attached hydrogens (tertiary/aromatic N) is 2. The summed E-state index contributed by atoms with van der Waals surface area (Å²) in [5.74, 6) is -1.21. The smallest absolute Gasteiger partial charge is 0.324 e. The Kier molecular flexibility index (Phi) is 3.66. The largest absolute Gasteiger partial charge is 0.480 e. The highest BCUT2D eigenvalue weighted by Gasteiger charge is 2.39. The first-order valence-electron chi connectivity index (χ1n) is 5.18. The number of aliphatic carboxylic acids is 1. The minimum absolute atomic E-state index is 0.0379. The van der Waals surface area contributed by atoms with Gasteiger partial charge < -0.3 is 9.84 Å². The van der Waals surface area contributed by atoms with Crippen molar-refractivity contribution in [1.29, 1.82) is 0 Å². The molecular formula is C9H12N2O5S2. The summed E-state index contributed by atoms with van der Waals surface area (Å²) in [5.41, 5.74) is 0. The zero-order chi connectivity index (χ0) is 13.3. The van der Waals surface area contributed by atoms with Crippen molar-refractivity contribution in [3.8, 4) is 0 Å². The summed E-state index contributed by atoms with van der Waals surface area (Å²) in [7, 11) is -3.81. The molecule has 0 saturated carbocycles. The Morgan fingerprint density at radius 3 is 2.94 bits per heavy atom. The molecule has 9 heteroatoms. The van der Waals surface area contributed by atoms with Crippen LogP contribution in [0.3, 0.4) is 0 Å².